The first-order chi connectivity index (χ1) is 8.67. The highest BCUT2D eigenvalue weighted by atomic mass is 32.1. The van der Waals surface area contributed by atoms with Crippen LogP contribution in [0, 0.1) is 5.92 Å². The van der Waals surface area contributed by atoms with Crippen molar-refractivity contribution in [3.05, 3.63) is 16.8 Å². The van der Waals surface area contributed by atoms with Crippen molar-refractivity contribution in [2.24, 2.45) is 11.7 Å². The van der Waals surface area contributed by atoms with Crippen LogP contribution in [0.25, 0.3) is 0 Å². The van der Waals surface area contributed by atoms with Crippen molar-refractivity contribution < 1.29 is 0 Å². The first-order valence-electron chi connectivity index (χ1n) is 6.59. The number of rotatable bonds is 6. The first-order valence-corrected chi connectivity index (χ1v) is 7.00. The van der Waals surface area contributed by atoms with Crippen LogP contribution in [0.15, 0.2) is 0 Å². The minimum Gasteiger partial charge on any atom is -0.389 e. The van der Waals surface area contributed by atoms with E-state index in [1.165, 1.54) is 12.8 Å². The van der Waals surface area contributed by atoms with Gasteiger partial charge in [0.1, 0.15) is 4.99 Å². The van der Waals surface area contributed by atoms with Crippen molar-refractivity contribution >= 4 is 23.0 Å². The molecule has 1 aliphatic carbocycles. The molecule has 0 aromatic carbocycles. The van der Waals surface area contributed by atoms with Crippen molar-refractivity contribution in [1.29, 1.82) is 0 Å². The van der Waals surface area contributed by atoms with Gasteiger partial charge < -0.3 is 11.1 Å². The molecule has 0 aliphatic heterocycles. The summed E-state index contributed by atoms with van der Waals surface area (Å²) >= 11 is 5.18. The lowest BCUT2D eigenvalue weighted by Crippen LogP contribution is -2.20. The normalized spacial score (nSPS) is 14.6. The molecular formula is C13H20N4S. The Morgan fingerprint density at radius 1 is 1.33 bits per heavy atom. The summed E-state index contributed by atoms with van der Waals surface area (Å²) in [5, 5.41) is 11.9. The molecule has 0 unspecified atom stereocenters. The number of aromatic nitrogens is 2. The molecule has 4 nitrogen and oxygen atoms in total. The Morgan fingerprint density at radius 2 is 2.06 bits per heavy atom. The molecule has 1 saturated carbocycles. The third-order valence-corrected chi connectivity index (χ3v) is 3.55. The molecule has 3 N–H and O–H groups in total. The van der Waals surface area contributed by atoms with Crippen LogP contribution in [-0.4, -0.2) is 21.7 Å². The Hall–Kier alpha value is -1.23. The van der Waals surface area contributed by atoms with Crippen LogP contribution in [0.5, 0.6) is 0 Å². The molecule has 1 aliphatic rings. The molecule has 0 amide bonds. The third kappa shape index (κ3) is 2.77. The Bertz CT molecular complexity index is 455. The van der Waals surface area contributed by atoms with Crippen LogP contribution in [0.4, 0.5) is 5.82 Å². The highest BCUT2D eigenvalue weighted by Crippen LogP contribution is 2.29. The lowest BCUT2D eigenvalue weighted by Gasteiger charge is -2.15. The maximum absolute atomic E-state index is 5.86. The molecule has 0 bridgehead atoms. The van der Waals surface area contributed by atoms with Gasteiger partial charge >= 0.3 is 0 Å². The van der Waals surface area contributed by atoms with Crippen molar-refractivity contribution in [3.63, 3.8) is 0 Å². The number of hydrogen-bond donors (Lipinski definition) is 2. The zero-order valence-corrected chi connectivity index (χ0v) is 11.8. The Balaban J connectivity index is 2.34. The fraction of sp³-hybridized carbons (Fsp3) is 0.615. The van der Waals surface area contributed by atoms with Crippen LogP contribution in [0.3, 0.4) is 0 Å². The highest BCUT2D eigenvalue weighted by Gasteiger charge is 2.23. The summed E-state index contributed by atoms with van der Waals surface area (Å²) in [6.45, 7) is 5.12. The van der Waals surface area contributed by atoms with Gasteiger partial charge in [-0.3, -0.25) is 0 Å². The largest absolute Gasteiger partial charge is 0.389 e. The predicted octanol–water partition coefficient (Wildman–Crippen LogP) is 2.06. The molecule has 1 aromatic rings. The maximum atomic E-state index is 5.86. The fourth-order valence-electron chi connectivity index (χ4n) is 2.12. The Kier molecular flexibility index (Phi) is 4.11. The molecule has 1 fully saturated rings. The summed E-state index contributed by atoms with van der Waals surface area (Å²) in [7, 11) is 0. The summed E-state index contributed by atoms with van der Waals surface area (Å²) in [5.74, 6) is 1.53. The first kappa shape index (κ1) is 13.2. The summed E-state index contributed by atoms with van der Waals surface area (Å²) in [4.78, 5) is 0.412. The number of aryl methyl sites for hydroxylation is 1. The number of thiocarbonyl (C=S) groups is 1. The van der Waals surface area contributed by atoms with Gasteiger partial charge in [-0.1, -0.05) is 26.1 Å². The molecule has 5 heteroatoms. The van der Waals surface area contributed by atoms with Gasteiger partial charge in [-0.15, -0.1) is 5.10 Å². The van der Waals surface area contributed by atoms with E-state index >= 15 is 0 Å². The van der Waals surface area contributed by atoms with Crippen LogP contribution >= 0.6 is 12.2 Å². The van der Waals surface area contributed by atoms with E-state index < -0.39 is 0 Å². The minimum absolute atomic E-state index is 0.412. The fourth-order valence-corrected chi connectivity index (χ4v) is 2.34. The maximum Gasteiger partial charge on any atom is 0.159 e. The zero-order chi connectivity index (χ0) is 13.1. The second kappa shape index (κ2) is 5.61. The summed E-state index contributed by atoms with van der Waals surface area (Å²) in [6.07, 6.45) is 4.34. The van der Waals surface area contributed by atoms with E-state index in [0.717, 1.165) is 47.9 Å². The standard InChI is InChI=1S/C13H20N4S/c1-3-9-10(4-2)16-17-13(11(9)12(14)18)15-7-8-5-6-8/h8H,3-7H2,1-2H3,(H2,14,18)(H,15,17). The number of hydrogen-bond acceptors (Lipinski definition) is 4. The lowest BCUT2D eigenvalue weighted by molar-refractivity contribution is 0.843. The number of nitrogens with one attached hydrogen (secondary N) is 1. The molecule has 2 rings (SSSR count). The van der Waals surface area contributed by atoms with Gasteiger partial charge in [0.25, 0.3) is 0 Å². The minimum atomic E-state index is 0.412. The summed E-state index contributed by atoms with van der Waals surface area (Å²) in [6, 6.07) is 0. The molecule has 0 saturated heterocycles. The van der Waals surface area contributed by atoms with Crippen LogP contribution < -0.4 is 11.1 Å². The van der Waals surface area contributed by atoms with Crippen LogP contribution in [0.2, 0.25) is 0 Å². The molecule has 0 spiro atoms. The van der Waals surface area contributed by atoms with Crippen molar-refractivity contribution in [1.82, 2.24) is 10.2 Å². The van der Waals surface area contributed by atoms with Crippen molar-refractivity contribution in [3.8, 4) is 0 Å². The topological polar surface area (TPSA) is 63.8 Å². The van der Waals surface area contributed by atoms with Gasteiger partial charge in [0.05, 0.1) is 11.3 Å². The second-order valence-corrected chi connectivity index (χ2v) is 5.18. The number of anilines is 1. The van der Waals surface area contributed by atoms with Crippen LogP contribution in [0.1, 0.15) is 43.5 Å². The van der Waals surface area contributed by atoms with Crippen molar-refractivity contribution in [2.45, 2.75) is 39.5 Å². The molecule has 1 aromatic heterocycles. The molecular weight excluding hydrogens is 244 g/mol. The quantitative estimate of drug-likeness (QED) is 0.770. The van der Waals surface area contributed by atoms with Gasteiger partial charge in [-0.2, -0.15) is 5.10 Å². The van der Waals surface area contributed by atoms with Gasteiger partial charge in [0, 0.05) is 6.54 Å². The van der Waals surface area contributed by atoms with E-state index in [1.807, 2.05) is 0 Å². The van der Waals surface area contributed by atoms with E-state index in [1.54, 1.807) is 0 Å². The lowest BCUT2D eigenvalue weighted by atomic mass is 10.0. The van der Waals surface area contributed by atoms with Gasteiger partial charge in [0.15, 0.2) is 5.82 Å². The molecule has 0 atom stereocenters. The average Bonchev–Trinajstić information content (AvgIpc) is 3.18. The van der Waals surface area contributed by atoms with Gasteiger partial charge in [-0.05, 0) is 37.2 Å². The van der Waals surface area contributed by atoms with Crippen LogP contribution in [-0.2, 0) is 12.8 Å². The van der Waals surface area contributed by atoms with E-state index in [0.29, 0.717) is 4.99 Å². The molecule has 98 valence electrons. The molecule has 0 radical (unpaired) electrons. The SMILES string of the molecule is CCc1nnc(NCC2CC2)c(C(N)=S)c1CC. The smallest absolute Gasteiger partial charge is 0.159 e. The van der Waals surface area contributed by atoms with E-state index in [9.17, 15) is 0 Å². The average molecular weight is 264 g/mol. The van der Waals surface area contributed by atoms with Crippen molar-refractivity contribution in [2.75, 3.05) is 11.9 Å². The monoisotopic (exact) mass is 264 g/mol. The summed E-state index contributed by atoms with van der Waals surface area (Å²) < 4.78 is 0. The predicted molar refractivity (Wildman–Crippen MR) is 77.9 cm³/mol. The van der Waals surface area contributed by atoms with E-state index in [-0.39, 0.29) is 0 Å². The van der Waals surface area contributed by atoms with E-state index in [2.05, 4.69) is 29.4 Å². The number of nitrogens with zero attached hydrogens (tertiary/aromatic N) is 2. The molecule has 18 heavy (non-hydrogen) atoms. The Morgan fingerprint density at radius 3 is 2.56 bits per heavy atom. The second-order valence-electron chi connectivity index (χ2n) is 4.74. The third-order valence-electron chi connectivity index (χ3n) is 3.35. The zero-order valence-electron chi connectivity index (χ0n) is 11.0. The van der Waals surface area contributed by atoms with Gasteiger partial charge in [-0.25, -0.2) is 0 Å². The highest BCUT2D eigenvalue weighted by molar-refractivity contribution is 7.80. The molecule has 1 heterocycles. The summed E-state index contributed by atoms with van der Waals surface area (Å²) in [5.41, 5.74) is 8.88. The Labute approximate surface area is 113 Å². The number of nitrogens with two attached hydrogens (primary N) is 1. The van der Waals surface area contributed by atoms with Gasteiger partial charge in [0.2, 0.25) is 0 Å². The van der Waals surface area contributed by atoms with E-state index in [4.69, 9.17) is 18.0 Å².